The number of nitrogens with one attached hydrogen (secondary N) is 2. The summed E-state index contributed by atoms with van der Waals surface area (Å²) >= 11 is 0. The van der Waals surface area contributed by atoms with E-state index in [4.69, 9.17) is 5.26 Å². The number of imidazole rings is 1. The molecule has 4 rings (SSSR count). The molecule has 0 fully saturated rings. The van der Waals surface area contributed by atoms with E-state index in [9.17, 15) is 14.0 Å². The predicted octanol–water partition coefficient (Wildman–Crippen LogP) is 3.82. The molecule has 2 aromatic heterocycles. The van der Waals surface area contributed by atoms with Crippen LogP contribution in [0.2, 0.25) is 0 Å². The zero-order valence-corrected chi connectivity index (χ0v) is 18.9. The van der Waals surface area contributed by atoms with Crippen LogP contribution >= 0.6 is 0 Å². The third-order valence-corrected chi connectivity index (χ3v) is 4.99. The topological polar surface area (TPSA) is 99.3 Å². The average molecular weight is 458 g/mol. The highest BCUT2D eigenvalue weighted by Gasteiger charge is 2.10. The van der Waals surface area contributed by atoms with Gasteiger partial charge in [0.15, 0.2) is 0 Å². The Balaban J connectivity index is 0.000000229. The number of fused-ring (bicyclic) bond motifs is 1. The number of amides is 2. The van der Waals surface area contributed by atoms with Gasteiger partial charge in [-0.1, -0.05) is 30.3 Å². The molecule has 2 heterocycles. The molecule has 4 aromatic rings. The van der Waals surface area contributed by atoms with Gasteiger partial charge in [-0.15, -0.1) is 0 Å². The number of aromatic nitrogens is 2. The number of hydrogen-bond donors (Lipinski definition) is 2. The first kappa shape index (κ1) is 24.1. The second-order valence-corrected chi connectivity index (χ2v) is 7.60. The van der Waals surface area contributed by atoms with Crippen LogP contribution in [0.3, 0.4) is 0 Å². The van der Waals surface area contributed by atoms with Gasteiger partial charge in [0.05, 0.1) is 17.3 Å². The summed E-state index contributed by atoms with van der Waals surface area (Å²) in [5, 5.41) is 14.2. The van der Waals surface area contributed by atoms with Gasteiger partial charge in [0, 0.05) is 19.3 Å². The Morgan fingerprint density at radius 3 is 2.50 bits per heavy atom. The first-order chi connectivity index (χ1) is 16.4. The van der Waals surface area contributed by atoms with Crippen molar-refractivity contribution in [3.63, 3.8) is 0 Å². The fourth-order valence-electron chi connectivity index (χ4n) is 3.26. The van der Waals surface area contributed by atoms with E-state index in [2.05, 4.69) is 21.7 Å². The number of nitrogens with zero attached hydrogens (tertiary/aromatic N) is 3. The van der Waals surface area contributed by atoms with Gasteiger partial charge in [0.1, 0.15) is 17.2 Å². The fraction of sp³-hybridized carbons (Fsp3) is 0.154. The molecule has 0 saturated carbocycles. The summed E-state index contributed by atoms with van der Waals surface area (Å²) in [6, 6.07) is 19.4. The highest BCUT2D eigenvalue weighted by Crippen LogP contribution is 2.10. The van der Waals surface area contributed by atoms with Crippen LogP contribution in [0.4, 0.5) is 4.39 Å². The Kier molecular flexibility index (Phi) is 8.08. The lowest BCUT2D eigenvalue weighted by atomic mass is 10.1. The molecule has 0 aliphatic carbocycles. The largest absolute Gasteiger partial charge is 0.355 e. The van der Waals surface area contributed by atoms with Crippen molar-refractivity contribution in [3.8, 4) is 6.07 Å². The first-order valence-electron chi connectivity index (χ1n) is 10.6. The summed E-state index contributed by atoms with van der Waals surface area (Å²) in [4.78, 5) is 26.6. The van der Waals surface area contributed by atoms with Crippen molar-refractivity contribution < 1.29 is 14.0 Å². The van der Waals surface area contributed by atoms with Gasteiger partial charge in [-0.3, -0.25) is 14.0 Å². The number of rotatable bonds is 6. The number of carbonyl (C=O) groups excluding carboxylic acids is 2. The summed E-state index contributed by atoms with van der Waals surface area (Å²) in [7, 11) is 0. The van der Waals surface area contributed by atoms with Crippen LogP contribution in [-0.2, 0) is 17.9 Å². The number of halogens is 1. The van der Waals surface area contributed by atoms with E-state index in [1.807, 2.05) is 37.4 Å². The molecule has 2 N–H and O–H groups in total. The normalized spacial score (nSPS) is 10.1. The number of carbonyl (C=O) groups is 2. The molecule has 0 atom stereocenters. The lowest BCUT2D eigenvalue weighted by molar-refractivity contribution is -0.109. The maximum atomic E-state index is 12.7. The quantitative estimate of drug-likeness (QED) is 0.430. The average Bonchev–Trinajstić information content (AvgIpc) is 3.24. The zero-order chi connectivity index (χ0) is 24.5. The van der Waals surface area contributed by atoms with Crippen LogP contribution in [-0.4, -0.2) is 21.7 Å². The Labute approximate surface area is 196 Å². The van der Waals surface area contributed by atoms with Crippen LogP contribution in [0.25, 0.3) is 5.65 Å². The molecular formula is C26H24FN5O2. The Morgan fingerprint density at radius 1 is 1.09 bits per heavy atom. The van der Waals surface area contributed by atoms with Crippen molar-refractivity contribution in [2.75, 3.05) is 0 Å². The number of nitriles is 1. The smallest absolute Gasteiger partial charge is 0.268 e. The van der Waals surface area contributed by atoms with Crippen molar-refractivity contribution in [2.24, 2.45) is 0 Å². The van der Waals surface area contributed by atoms with Crippen molar-refractivity contribution in [1.29, 1.82) is 5.26 Å². The highest BCUT2D eigenvalue weighted by atomic mass is 19.1. The molecule has 2 aromatic carbocycles. The molecule has 172 valence electrons. The van der Waals surface area contributed by atoms with Crippen molar-refractivity contribution in [3.05, 3.63) is 106 Å². The Bertz CT molecular complexity index is 1340. The SMILES string of the molecule is Cc1cc(CNC=O)ccc1F.Cc1cn2c(C(=O)NCc3ccc(C#N)cc3)cccc2n1. The van der Waals surface area contributed by atoms with Crippen LogP contribution < -0.4 is 10.6 Å². The molecule has 0 unspecified atom stereocenters. The van der Waals surface area contributed by atoms with E-state index in [-0.39, 0.29) is 11.7 Å². The minimum absolute atomic E-state index is 0.160. The van der Waals surface area contributed by atoms with Crippen LogP contribution in [0.15, 0.2) is 66.9 Å². The summed E-state index contributed by atoms with van der Waals surface area (Å²) < 4.78 is 14.5. The molecule has 0 spiro atoms. The van der Waals surface area contributed by atoms with Gasteiger partial charge in [-0.2, -0.15) is 5.26 Å². The van der Waals surface area contributed by atoms with Gasteiger partial charge in [0.2, 0.25) is 6.41 Å². The molecule has 0 aliphatic rings. The molecule has 7 nitrogen and oxygen atoms in total. The van der Waals surface area contributed by atoms with Crippen molar-refractivity contribution in [1.82, 2.24) is 20.0 Å². The van der Waals surface area contributed by atoms with Crippen LogP contribution in [0.5, 0.6) is 0 Å². The minimum atomic E-state index is -0.218. The van der Waals surface area contributed by atoms with Gasteiger partial charge in [-0.25, -0.2) is 9.37 Å². The Hall–Kier alpha value is -4.51. The van der Waals surface area contributed by atoms with Gasteiger partial charge in [0.25, 0.3) is 5.91 Å². The van der Waals surface area contributed by atoms with Crippen LogP contribution in [0.1, 0.15) is 38.4 Å². The minimum Gasteiger partial charge on any atom is -0.355 e. The summed E-state index contributed by atoms with van der Waals surface area (Å²) in [5.41, 5.74) is 5.22. The zero-order valence-electron chi connectivity index (χ0n) is 18.9. The van der Waals surface area contributed by atoms with Crippen molar-refractivity contribution >= 4 is 18.0 Å². The van der Waals surface area contributed by atoms with Gasteiger partial charge >= 0.3 is 0 Å². The monoisotopic (exact) mass is 457 g/mol. The maximum Gasteiger partial charge on any atom is 0.268 e. The summed E-state index contributed by atoms with van der Waals surface area (Å²) in [6.07, 6.45) is 2.46. The fourth-order valence-corrected chi connectivity index (χ4v) is 3.26. The van der Waals surface area contributed by atoms with E-state index in [1.165, 1.54) is 6.07 Å². The molecule has 0 radical (unpaired) electrons. The maximum absolute atomic E-state index is 12.7. The van der Waals surface area contributed by atoms with Crippen LogP contribution in [0, 0.1) is 31.0 Å². The molecule has 0 aliphatic heterocycles. The van der Waals surface area contributed by atoms with E-state index in [1.54, 1.807) is 41.7 Å². The van der Waals surface area contributed by atoms with E-state index >= 15 is 0 Å². The second kappa shape index (κ2) is 11.4. The lowest BCUT2D eigenvalue weighted by Crippen LogP contribution is -2.24. The van der Waals surface area contributed by atoms with Gasteiger partial charge < -0.3 is 10.6 Å². The third kappa shape index (κ3) is 6.26. The third-order valence-electron chi connectivity index (χ3n) is 4.99. The second-order valence-electron chi connectivity index (χ2n) is 7.60. The highest BCUT2D eigenvalue weighted by molar-refractivity contribution is 5.93. The standard InChI is InChI=1S/C17H14N4O.C9H10FNO/c1-12-11-21-15(3-2-4-16(21)20-12)17(22)19-10-14-7-5-13(9-18)6-8-14;1-7-4-8(5-11-6-12)2-3-9(7)10/h2-8,11H,10H2,1H3,(H,19,22);2-4,6H,5H2,1H3,(H,11,12). The van der Waals surface area contributed by atoms with E-state index < -0.39 is 0 Å². The Morgan fingerprint density at radius 2 is 1.82 bits per heavy atom. The van der Waals surface area contributed by atoms with Gasteiger partial charge in [-0.05, 0) is 60.9 Å². The predicted molar refractivity (Wildman–Crippen MR) is 126 cm³/mol. The van der Waals surface area contributed by atoms with E-state index in [0.29, 0.717) is 36.3 Å². The number of benzene rings is 2. The molecular weight excluding hydrogens is 433 g/mol. The molecule has 8 heteroatoms. The first-order valence-corrected chi connectivity index (χ1v) is 10.6. The molecule has 2 amide bonds. The number of aryl methyl sites for hydroxylation is 2. The van der Waals surface area contributed by atoms with Crippen molar-refractivity contribution in [2.45, 2.75) is 26.9 Å². The number of pyridine rings is 1. The summed E-state index contributed by atoms with van der Waals surface area (Å²) in [5.74, 6) is -0.378. The number of hydrogen-bond acceptors (Lipinski definition) is 4. The summed E-state index contributed by atoms with van der Waals surface area (Å²) in [6.45, 7) is 4.45. The van der Waals surface area contributed by atoms with E-state index in [0.717, 1.165) is 22.5 Å². The molecule has 0 bridgehead atoms. The molecule has 34 heavy (non-hydrogen) atoms. The lowest BCUT2D eigenvalue weighted by Gasteiger charge is -2.07. The molecule has 0 saturated heterocycles.